The first-order valence-corrected chi connectivity index (χ1v) is 8.52. The van der Waals surface area contributed by atoms with Crippen LogP contribution in [0, 0.1) is 0 Å². The minimum Gasteiger partial charge on any atom is -0.324 e. The van der Waals surface area contributed by atoms with E-state index in [1.165, 1.54) is 11.8 Å². The Labute approximate surface area is 136 Å². The fraction of sp³-hybridized carbons (Fsp3) is 0.357. The third-order valence-corrected chi connectivity index (χ3v) is 4.56. The molecular formula is C14H17BrN4OS. The normalized spacial score (nSPS) is 10.6. The first kappa shape index (κ1) is 16.0. The summed E-state index contributed by atoms with van der Waals surface area (Å²) in [6.07, 6.45) is 0.838. The van der Waals surface area contributed by atoms with E-state index in [4.69, 9.17) is 0 Å². The maximum Gasteiger partial charge on any atom is 0.234 e. The topological polar surface area (TPSA) is 59.8 Å². The summed E-state index contributed by atoms with van der Waals surface area (Å²) in [5.41, 5.74) is 0.773. The minimum atomic E-state index is -0.0596. The van der Waals surface area contributed by atoms with Crippen LogP contribution < -0.4 is 5.32 Å². The summed E-state index contributed by atoms with van der Waals surface area (Å²) < 4.78 is 2.91. The van der Waals surface area contributed by atoms with Crippen molar-refractivity contribution in [1.29, 1.82) is 0 Å². The number of nitrogens with one attached hydrogen (secondary N) is 1. The van der Waals surface area contributed by atoms with E-state index in [-0.39, 0.29) is 5.91 Å². The number of hydrogen-bond acceptors (Lipinski definition) is 4. The van der Waals surface area contributed by atoms with Gasteiger partial charge in [-0.1, -0.05) is 30.8 Å². The number of anilines is 1. The van der Waals surface area contributed by atoms with Crippen LogP contribution in [0.2, 0.25) is 0 Å². The van der Waals surface area contributed by atoms with Crippen molar-refractivity contribution in [3.8, 4) is 0 Å². The van der Waals surface area contributed by atoms with Gasteiger partial charge in [0.1, 0.15) is 5.82 Å². The Bertz CT molecular complexity index is 629. The molecule has 0 unspecified atom stereocenters. The highest BCUT2D eigenvalue weighted by Crippen LogP contribution is 2.22. The van der Waals surface area contributed by atoms with E-state index in [0.29, 0.717) is 5.75 Å². The molecule has 2 rings (SSSR count). The zero-order valence-electron chi connectivity index (χ0n) is 12.0. The third kappa shape index (κ3) is 4.07. The van der Waals surface area contributed by atoms with E-state index < -0.39 is 0 Å². The molecule has 1 amide bonds. The number of carbonyl (C=O) groups is 1. The molecule has 0 aliphatic carbocycles. The number of para-hydroxylation sites is 1. The van der Waals surface area contributed by atoms with Crippen molar-refractivity contribution < 1.29 is 4.79 Å². The van der Waals surface area contributed by atoms with Crippen LogP contribution in [0.4, 0.5) is 5.69 Å². The highest BCUT2D eigenvalue weighted by atomic mass is 79.9. The molecular weight excluding hydrogens is 352 g/mol. The number of benzene rings is 1. The van der Waals surface area contributed by atoms with Gasteiger partial charge in [-0.3, -0.25) is 4.79 Å². The maximum atomic E-state index is 12.0. The third-order valence-electron chi connectivity index (χ3n) is 2.91. The molecule has 0 atom stereocenters. The molecule has 0 radical (unpaired) electrons. The van der Waals surface area contributed by atoms with E-state index in [1.807, 2.05) is 42.7 Å². The predicted molar refractivity (Wildman–Crippen MR) is 88.6 cm³/mol. The summed E-state index contributed by atoms with van der Waals surface area (Å²) in [5, 5.41) is 11.9. The van der Waals surface area contributed by atoms with Crippen molar-refractivity contribution in [2.24, 2.45) is 0 Å². The Morgan fingerprint density at radius 1 is 1.33 bits per heavy atom. The number of carbonyl (C=O) groups excluding carboxylic acids is 1. The molecule has 1 heterocycles. The highest BCUT2D eigenvalue weighted by Gasteiger charge is 2.12. The fourth-order valence-corrected chi connectivity index (χ4v) is 3.09. The lowest BCUT2D eigenvalue weighted by Crippen LogP contribution is -2.15. The molecule has 7 heteroatoms. The van der Waals surface area contributed by atoms with E-state index in [2.05, 4.69) is 31.4 Å². The van der Waals surface area contributed by atoms with Crippen molar-refractivity contribution in [3.63, 3.8) is 0 Å². The molecule has 1 N–H and O–H groups in total. The molecule has 0 aliphatic rings. The van der Waals surface area contributed by atoms with Gasteiger partial charge in [-0.25, -0.2) is 0 Å². The van der Waals surface area contributed by atoms with Crippen molar-refractivity contribution >= 4 is 39.3 Å². The van der Waals surface area contributed by atoms with Gasteiger partial charge in [-0.2, -0.15) is 0 Å². The summed E-state index contributed by atoms with van der Waals surface area (Å²) in [6, 6.07) is 7.54. The Kier molecular flexibility index (Phi) is 5.81. The lowest BCUT2D eigenvalue weighted by molar-refractivity contribution is -0.113. The van der Waals surface area contributed by atoms with Gasteiger partial charge >= 0.3 is 0 Å². The van der Waals surface area contributed by atoms with E-state index in [1.54, 1.807) is 0 Å². The van der Waals surface area contributed by atoms with Crippen LogP contribution >= 0.6 is 27.7 Å². The first-order valence-electron chi connectivity index (χ1n) is 6.75. The molecule has 0 saturated carbocycles. The standard InChI is InChI=1S/C14H17BrN4OS/c1-3-12-17-18-14(19(12)4-2)21-9-13(20)16-11-8-6-5-7-10(11)15/h5-8H,3-4,9H2,1-2H3,(H,16,20). The lowest BCUT2D eigenvalue weighted by Gasteiger charge is -2.08. The van der Waals surface area contributed by atoms with Crippen LogP contribution in [-0.2, 0) is 17.8 Å². The summed E-state index contributed by atoms with van der Waals surface area (Å²) in [4.78, 5) is 12.0. The first-order chi connectivity index (χ1) is 10.2. The molecule has 5 nitrogen and oxygen atoms in total. The van der Waals surface area contributed by atoms with Gasteiger partial charge in [-0.15, -0.1) is 10.2 Å². The van der Waals surface area contributed by atoms with Crippen LogP contribution in [0.15, 0.2) is 33.9 Å². The molecule has 0 aliphatic heterocycles. The summed E-state index contributed by atoms with van der Waals surface area (Å²) in [7, 11) is 0. The Hall–Kier alpha value is -1.34. The Morgan fingerprint density at radius 2 is 2.10 bits per heavy atom. The SMILES string of the molecule is CCc1nnc(SCC(=O)Nc2ccccc2Br)n1CC. The molecule has 112 valence electrons. The minimum absolute atomic E-state index is 0.0596. The van der Waals surface area contributed by atoms with Crippen molar-refractivity contribution in [2.75, 3.05) is 11.1 Å². The number of rotatable bonds is 6. The van der Waals surface area contributed by atoms with Crippen LogP contribution in [0.5, 0.6) is 0 Å². The Morgan fingerprint density at radius 3 is 2.76 bits per heavy atom. The van der Waals surface area contributed by atoms with Crippen molar-refractivity contribution in [3.05, 3.63) is 34.6 Å². The number of hydrogen-bond donors (Lipinski definition) is 1. The van der Waals surface area contributed by atoms with Gasteiger partial charge in [0.05, 0.1) is 11.4 Å². The van der Waals surface area contributed by atoms with Gasteiger partial charge in [-0.05, 0) is 35.0 Å². The van der Waals surface area contributed by atoms with Crippen LogP contribution in [-0.4, -0.2) is 26.4 Å². The maximum absolute atomic E-state index is 12.0. The number of aryl methyl sites for hydroxylation is 1. The summed E-state index contributed by atoms with van der Waals surface area (Å²) in [5.74, 6) is 1.20. The molecule has 0 saturated heterocycles. The van der Waals surface area contributed by atoms with Crippen molar-refractivity contribution in [2.45, 2.75) is 32.0 Å². The summed E-state index contributed by atoms with van der Waals surface area (Å²) >= 11 is 4.81. The summed E-state index contributed by atoms with van der Waals surface area (Å²) in [6.45, 7) is 4.91. The van der Waals surface area contributed by atoms with Crippen LogP contribution in [0.25, 0.3) is 0 Å². The lowest BCUT2D eigenvalue weighted by atomic mass is 10.3. The van der Waals surface area contributed by atoms with Crippen LogP contribution in [0.1, 0.15) is 19.7 Å². The molecule has 1 aromatic heterocycles. The van der Waals surface area contributed by atoms with E-state index >= 15 is 0 Å². The predicted octanol–water partition coefficient (Wildman–Crippen LogP) is 3.35. The molecule has 1 aromatic carbocycles. The molecule has 2 aromatic rings. The monoisotopic (exact) mass is 368 g/mol. The van der Waals surface area contributed by atoms with Gasteiger partial charge in [0.25, 0.3) is 0 Å². The number of nitrogens with zero attached hydrogens (tertiary/aromatic N) is 3. The number of thioether (sulfide) groups is 1. The Balaban J connectivity index is 1.95. The quantitative estimate of drug-likeness (QED) is 0.794. The average Bonchev–Trinajstić information content (AvgIpc) is 2.89. The fourth-order valence-electron chi connectivity index (χ4n) is 1.88. The zero-order chi connectivity index (χ0) is 15.2. The van der Waals surface area contributed by atoms with E-state index in [9.17, 15) is 4.79 Å². The molecule has 0 fully saturated rings. The van der Waals surface area contributed by atoms with E-state index in [0.717, 1.165) is 34.1 Å². The van der Waals surface area contributed by atoms with Crippen LogP contribution in [0.3, 0.4) is 0 Å². The number of aromatic nitrogens is 3. The van der Waals surface area contributed by atoms with Gasteiger partial charge in [0.15, 0.2) is 5.16 Å². The highest BCUT2D eigenvalue weighted by molar-refractivity contribution is 9.10. The zero-order valence-corrected chi connectivity index (χ0v) is 14.4. The average molecular weight is 369 g/mol. The largest absolute Gasteiger partial charge is 0.324 e. The molecule has 0 spiro atoms. The second kappa shape index (κ2) is 7.61. The number of halogens is 1. The number of amides is 1. The molecule has 0 bridgehead atoms. The molecule has 21 heavy (non-hydrogen) atoms. The second-order valence-electron chi connectivity index (χ2n) is 4.31. The second-order valence-corrected chi connectivity index (χ2v) is 6.11. The van der Waals surface area contributed by atoms with Crippen molar-refractivity contribution in [1.82, 2.24) is 14.8 Å². The van der Waals surface area contributed by atoms with Gasteiger partial charge in [0, 0.05) is 17.4 Å². The smallest absolute Gasteiger partial charge is 0.234 e. The van der Waals surface area contributed by atoms with Gasteiger partial charge in [0.2, 0.25) is 5.91 Å². The van der Waals surface area contributed by atoms with Gasteiger partial charge < -0.3 is 9.88 Å².